The van der Waals surface area contributed by atoms with Gasteiger partial charge in [0.25, 0.3) is 0 Å². The van der Waals surface area contributed by atoms with E-state index in [-0.39, 0.29) is 6.04 Å². The molecule has 1 fully saturated rings. The highest BCUT2D eigenvalue weighted by atomic mass is 16.5. The molecular formula is C14H26N2O4. The topological polar surface area (TPSA) is 87.7 Å². The molecule has 6 nitrogen and oxygen atoms in total. The van der Waals surface area contributed by atoms with Crippen molar-refractivity contribution >= 4 is 12.0 Å². The zero-order valence-electron chi connectivity index (χ0n) is 12.7. The minimum absolute atomic E-state index is 0.00770. The second-order valence-electron chi connectivity index (χ2n) is 6.49. The summed E-state index contributed by atoms with van der Waals surface area (Å²) in [6, 6.07) is -1.33. The van der Waals surface area contributed by atoms with Gasteiger partial charge in [-0.3, -0.25) is 0 Å². The van der Waals surface area contributed by atoms with Crippen molar-refractivity contribution in [3.05, 3.63) is 0 Å². The van der Waals surface area contributed by atoms with E-state index >= 15 is 0 Å². The number of carboxylic acids is 1. The molecule has 1 rings (SSSR count). The number of rotatable bonds is 4. The Morgan fingerprint density at radius 2 is 1.75 bits per heavy atom. The van der Waals surface area contributed by atoms with Gasteiger partial charge in [0.05, 0.1) is 0 Å². The van der Waals surface area contributed by atoms with E-state index in [1.54, 1.807) is 20.8 Å². The lowest BCUT2D eigenvalue weighted by atomic mass is 9.87. The van der Waals surface area contributed by atoms with Crippen molar-refractivity contribution in [2.75, 3.05) is 13.2 Å². The van der Waals surface area contributed by atoms with Crippen molar-refractivity contribution in [3.8, 4) is 0 Å². The molecule has 116 valence electrons. The highest BCUT2D eigenvalue weighted by molar-refractivity contribution is 5.83. The summed E-state index contributed by atoms with van der Waals surface area (Å²) in [5, 5.41) is 14.6. The van der Waals surface area contributed by atoms with Gasteiger partial charge in [-0.15, -0.1) is 0 Å². The van der Waals surface area contributed by atoms with Gasteiger partial charge >= 0.3 is 12.0 Å². The Balaban J connectivity index is 2.50. The number of urea groups is 1. The van der Waals surface area contributed by atoms with Gasteiger partial charge in [-0.2, -0.15) is 0 Å². The van der Waals surface area contributed by atoms with Crippen LogP contribution >= 0.6 is 0 Å². The van der Waals surface area contributed by atoms with Crippen molar-refractivity contribution in [2.45, 2.75) is 52.6 Å². The van der Waals surface area contributed by atoms with Crippen LogP contribution in [0.4, 0.5) is 4.79 Å². The Hall–Kier alpha value is -1.30. The van der Waals surface area contributed by atoms with Gasteiger partial charge in [0.1, 0.15) is 6.04 Å². The molecule has 1 saturated heterocycles. The SMILES string of the molecule is CC(NC(=O)N[C@H](C(=O)O)C(C)(C)C)C1CCOCC1. The number of hydrogen-bond acceptors (Lipinski definition) is 3. The fourth-order valence-electron chi connectivity index (χ4n) is 2.36. The monoisotopic (exact) mass is 286 g/mol. The Labute approximate surface area is 120 Å². The van der Waals surface area contributed by atoms with Crippen molar-refractivity contribution in [1.82, 2.24) is 10.6 Å². The van der Waals surface area contributed by atoms with E-state index < -0.39 is 23.5 Å². The molecule has 1 unspecified atom stereocenters. The van der Waals surface area contributed by atoms with Gasteiger partial charge in [0, 0.05) is 19.3 Å². The number of nitrogens with one attached hydrogen (secondary N) is 2. The van der Waals surface area contributed by atoms with Crippen molar-refractivity contribution in [2.24, 2.45) is 11.3 Å². The summed E-state index contributed by atoms with van der Waals surface area (Å²) >= 11 is 0. The molecule has 2 atom stereocenters. The van der Waals surface area contributed by atoms with Crippen molar-refractivity contribution < 1.29 is 19.4 Å². The third kappa shape index (κ3) is 5.00. The summed E-state index contributed by atoms with van der Waals surface area (Å²) in [6.07, 6.45) is 1.84. The van der Waals surface area contributed by atoms with E-state index in [1.165, 1.54) is 0 Å². The Bertz CT molecular complexity index is 346. The lowest BCUT2D eigenvalue weighted by molar-refractivity contribution is -0.141. The van der Waals surface area contributed by atoms with E-state index in [0.717, 1.165) is 26.1 Å². The minimum atomic E-state index is -1.02. The van der Waals surface area contributed by atoms with Gasteiger partial charge in [-0.25, -0.2) is 9.59 Å². The molecular weight excluding hydrogens is 260 g/mol. The van der Waals surface area contributed by atoms with Gasteiger partial charge < -0.3 is 20.5 Å². The molecule has 0 saturated carbocycles. The zero-order valence-corrected chi connectivity index (χ0v) is 12.7. The smallest absolute Gasteiger partial charge is 0.326 e. The molecule has 0 bridgehead atoms. The molecule has 0 aromatic heterocycles. The van der Waals surface area contributed by atoms with Gasteiger partial charge in [-0.1, -0.05) is 20.8 Å². The molecule has 1 heterocycles. The third-order valence-corrected chi connectivity index (χ3v) is 3.72. The van der Waals surface area contributed by atoms with Crippen LogP contribution < -0.4 is 10.6 Å². The normalized spacial score (nSPS) is 20.0. The maximum Gasteiger partial charge on any atom is 0.326 e. The van der Waals surface area contributed by atoms with E-state index in [2.05, 4.69) is 10.6 Å². The molecule has 0 aromatic rings. The molecule has 1 aliphatic heterocycles. The quantitative estimate of drug-likeness (QED) is 0.732. The standard InChI is InChI=1S/C14H26N2O4/c1-9(10-5-7-20-8-6-10)15-13(19)16-11(12(17)18)14(2,3)4/h9-11H,5-8H2,1-4H3,(H,17,18)(H2,15,16,19)/t9?,11-/m1/s1. The predicted molar refractivity (Wildman–Crippen MR) is 75.6 cm³/mol. The maximum atomic E-state index is 11.9. The fourth-order valence-corrected chi connectivity index (χ4v) is 2.36. The molecule has 3 N–H and O–H groups in total. The molecule has 0 radical (unpaired) electrons. The van der Waals surface area contributed by atoms with Crippen molar-refractivity contribution in [3.63, 3.8) is 0 Å². The largest absolute Gasteiger partial charge is 0.480 e. The number of hydrogen-bond donors (Lipinski definition) is 3. The van der Waals surface area contributed by atoms with Crippen LogP contribution in [-0.2, 0) is 9.53 Å². The van der Waals surface area contributed by atoms with Gasteiger partial charge in [0.15, 0.2) is 0 Å². The van der Waals surface area contributed by atoms with E-state index in [0.29, 0.717) is 5.92 Å². The molecule has 0 spiro atoms. The Morgan fingerprint density at radius 3 is 2.20 bits per heavy atom. The number of amides is 2. The molecule has 6 heteroatoms. The molecule has 20 heavy (non-hydrogen) atoms. The van der Waals surface area contributed by atoms with Crippen LogP contribution in [0.15, 0.2) is 0 Å². The van der Waals surface area contributed by atoms with Gasteiger partial charge in [0.2, 0.25) is 0 Å². The number of ether oxygens (including phenoxy) is 1. The van der Waals surface area contributed by atoms with Crippen LogP contribution in [0.1, 0.15) is 40.5 Å². The van der Waals surface area contributed by atoms with Gasteiger partial charge in [-0.05, 0) is 31.1 Å². The summed E-state index contributed by atoms with van der Waals surface area (Å²) in [7, 11) is 0. The van der Waals surface area contributed by atoms with Crippen LogP contribution in [0.25, 0.3) is 0 Å². The second-order valence-corrected chi connectivity index (χ2v) is 6.49. The Kier molecular flexibility index (Phi) is 5.80. The van der Waals surface area contributed by atoms with Crippen LogP contribution in [0, 0.1) is 11.3 Å². The number of carbonyl (C=O) groups excluding carboxylic acids is 1. The summed E-state index contributed by atoms with van der Waals surface area (Å²) in [6.45, 7) is 8.74. The first kappa shape index (κ1) is 16.8. The lowest BCUT2D eigenvalue weighted by Gasteiger charge is -2.31. The molecule has 1 aliphatic rings. The molecule has 0 aliphatic carbocycles. The second kappa shape index (κ2) is 6.92. The maximum absolute atomic E-state index is 11.9. The average molecular weight is 286 g/mol. The third-order valence-electron chi connectivity index (χ3n) is 3.72. The van der Waals surface area contributed by atoms with Crippen LogP contribution in [0.5, 0.6) is 0 Å². The highest BCUT2D eigenvalue weighted by Crippen LogP contribution is 2.20. The number of carboxylic acid groups (broad SMARTS) is 1. The molecule has 0 aromatic carbocycles. The summed E-state index contributed by atoms with van der Waals surface area (Å²) < 4.78 is 5.29. The Morgan fingerprint density at radius 1 is 1.20 bits per heavy atom. The van der Waals surface area contributed by atoms with Crippen LogP contribution in [0.3, 0.4) is 0 Å². The van der Waals surface area contributed by atoms with Crippen LogP contribution in [0.2, 0.25) is 0 Å². The fraction of sp³-hybridized carbons (Fsp3) is 0.857. The van der Waals surface area contributed by atoms with E-state index in [9.17, 15) is 14.7 Å². The van der Waals surface area contributed by atoms with Crippen LogP contribution in [-0.4, -0.2) is 42.4 Å². The number of aliphatic carboxylic acids is 1. The van der Waals surface area contributed by atoms with E-state index in [1.807, 2.05) is 6.92 Å². The van der Waals surface area contributed by atoms with Crippen molar-refractivity contribution in [1.29, 1.82) is 0 Å². The summed E-state index contributed by atoms with van der Waals surface area (Å²) in [5.74, 6) is -0.640. The minimum Gasteiger partial charge on any atom is -0.480 e. The highest BCUT2D eigenvalue weighted by Gasteiger charge is 2.33. The molecule has 2 amide bonds. The number of carbonyl (C=O) groups is 2. The predicted octanol–water partition coefficient (Wildman–Crippen LogP) is 1.60. The average Bonchev–Trinajstić information content (AvgIpc) is 2.35. The summed E-state index contributed by atoms with van der Waals surface area (Å²) in [5.41, 5.74) is -0.537. The zero-order chi connectivity index (χ0) is 15.3. The first-order chi connectivity index (χ1) is 9.21. The first-order valence-electron chi connectivity index (χ1n) is 7.09. The van der Waals surface area contributed by atoms with E-state index in [4.69, 9.17) is 4.74 Å². The lowest BCUT2D eigenvalue weighted by Crippen LogP contribution is -2.54. The first-order valence-corrected chi connectivity index (χ1v) is 7.09. The summed E-state index contributed by atoms with van der Waals surface area (Å²) in [4.78, 5) is 23.2.